The molecular formula is C21H24N4O2S. The molecular weight excluding hydrogens is 372 g/mol. The van der Waals surface area contributed by atoms with Gasteiger partial charge in [-0.15, -0.1) is 11.3 Å². The summed E-state index contributed by atoms with van der Waals surface area (Å²) in [5, 5.41) is 4.10. The zero-order chi connectivity index (χ0) is 19.7. The summed E-state index contributed by atoms with van der Waals surface area (Å²) in [4.78, 5) is 26.5. The quantitative estimate of drug-likeness (QED) is 0.701. The number of thiophene rings is 1. The molecule has 1 N–H and O–H groups in total. The molecule has 1 aliphatic heterocycles. The average molecular weight is 397 g/mol. The second-order valence-electron chi connectivity index (χ2n) is 7.03. The maximum absolute atomic E-state index is 13.1. The second-order valence-corrected chi connectivity index (χ2v) is 8.14. The molecule has 6 nitrogen and oxygen atoms in total. The third-order valence-electron chi connectivity index (χ3n) is 5.15. The SMILES string of the molecule is CCc1cc2c(N3CCCC3C(=O)Nc3cc(C)ccc3OC)ncnc2s1. The van der Waals surface area contributed by atoms with Crippen LogP contribution in [-0.2, 0) is 11.2 Å². The van der Waals surface area contributed by atoms with E-state index in [2.05, 4.69) is 33.2 Å². The van der Waals surface area contributed by atoms with Crippen LogP contribution in [0.3, 0.4) is 0 Å². The van der Waals surface area contributed by atoms with Crippen LogP contribution in [0.15, 0.2) is 30.6 Å². The van der Waals surface area contributed by atoms with Crippen LogP contribution in [0.4, 0.5) is 11.5 Å². The van der Waals surface area contributed by atoms with Gasteiger partial charge < -0.3 is 15.0 Å². The summed E-state index contributed by atoms with van der Waals surface area (Å²) in [6, 6.07) is 7.68. The minimum Gasteiger partial charge on any atom is -0.495 e. The van der Waals surface area contributed by atoms with Crippen molar-refractivity contribution in [3.8, 4) is 5.75 Å². The van der Waals surface area contributed by atoms with E-state index in [1.54, 1.807) is 24.8 Å². The molecule has 3 aromatic rings. The fourth-order valence-corrected chi connectivity index (χ4v) is 4.65. The van der Waals surface area contributed by atoms with E-state index in [9.17, 15) is 4.79 Å². The largest absolute Gasteiger partial charge is 0.495 e. The van der Waals surface area contributed by atoms with Crippen molar-refractivity contribution in [1.82, 2.24) is 9.97 Å². The molecule has 1 atom stereocenters. The Morgan fingerprint density at radius 3 is 3.00 bits per heavy atom. The predicted octanol–water partition coefficient (Wildman–Crippen LogP) is 4.18. The van der Waals surface area contributed by atoms with Crippen molar-refractivity contribution >= 4 is 39.0 Å². The highest BCUT2D eigenvalue weighted by Gasteiger charge is 2.33. The van der Waals surface area contributed by atoms with Crippen LogP contribution in [0.1, 0.15) is 30.2 Å². The van der Waals surface area contributed by atoms with Crippen molar-refractivity contribution in [3.05, 3.63) is 41.0 Å². The number of aromatic nitrogens is 2. The molecule has 0 saturated carbocycles. The number of rotatable bonds is 5. The van der Waals surface area contributed by atoms with E-state index in [4.69, 9.17) is 4.74 Å². The molecule has 1 aliphatic rings. The van der Waals surface area contributed by atoms with Gasteiger partial charge in [0.05, 0.1) is 18.2 Å². The van der Waals surface area contributed by atoms with E-state index in [0.717, 1.165) is 47.4 Å². The number of amides is 1. The Kier molecular flexibility index (Phi) is 5.17. The molecule has 4 rings (SSSR count). The number of anilines is 2. The van der Waals surface area contributed by atoms with E-state index in [1.807, 2.05) is 25.1 Å². The summed E-state index contributed by atoms with van der Waals surface area (Å²) < 4.78 is 5.40. The number of nitrogens with one attached hydrogen (secondary N) is 1. The number of aryl methyl sites for hydroxylation is 2. The number of benzene rings is 1. The van der Waals surface area contributed by atoms with Crippen molar-refractivity contribution in [2.24, 2.45) is 0 Å². The first-order valence-corrected chi connectivity index (χ1v) is 10.4. The number of nitrogens with zero attached hydrogens (tertiary/aromatic N) is 3. The standard InChI is InChI=1S/C21H24N4O2S/c1-4-14-11-15-19(22-12-23-21(15)28-14)25-9-5-6-17(25)20(26)24-16-10-13(2)7-8-18(16)27-3/h7-8,10-12,17H,4-6,9H2,1-3H3,(H,24,26). The Morgan fingerprint density at radius 2 is 2.21 bits per heavy atom. The van der Waals surface area contributed by atoms with E-state index in [-0.39, 0.29) is 11.9 Å². The number of methoxy groups -OCH3 is 1. The first kappa shape index (κ1) is 18.7. The lowest BCUT2D eigenvalue weighted by atomic mass is 10.1. The first-order chi connectivity index (χ1) is 13.6. The fourth-order valence-electron chi connectivity index (χ4n) is 3.72. The smallest absolute Gasteiger partial charge is 0.247 e. The lowest BCUT2D eigenvalue weighted by Gasteiger charge is -2.25. The molecule has 0 spiro atoms. The van der Waals surface area contributed by atoms with E-state index >= 15 is 0 Å². The van der Waals surface area contributed by atoms with Crippen LogP contribution in [0.2, 0.25) is 0 Å². The van der Waals surface area contributed by atoms with Gasteiger partial charge >= 0.3 is 0 Å². The van der Waals surface area contributed by atoms with Crippen molar-refractivity contribution in [1.29, 1.82) is 0 Å². The van der Waals surface area contributed by atoms with Gasteiger partial charge in [-0.3, -0.25) is 4.79 Å². The highest BCUT2D eigenvalue weighted by atomic mass is 32.1. The normalized spacial score (nSPS) is 16.5. The van der Waals surface area contributed by atoms with Gasteiger partial charge in [0.2, 0.25) is 5.91 Å². The van der Waals surface area contributed by atoms with Crippen LogP contribution < -0.4 is 15.0 Å². The molecule has 1 aromatic carbocycles. The van der Waals surface area contributed by atoms with Gasteiger partial charge in [0.1, 0.15) is 28.8 Å². The Hall–Kier alpha value is -2.67. The lowest BCUT2D eigenvalue weighted by molar-refractivity contribution is -0.117. The van der Waals surface area contributed by atoms with Crippen molar-refractivity contribution in [2.75, 3.05) is 23.9 Å². The van der Waals surface area contributed by atoms with Crippen LogP contribution in [-0.4, -0.2) is 35.6 Å². The summed E-state index contributed by atoms with van der Waals surface area (Å²) in [6.07, 6.45) is 4.33. The summed E-state index contributed by atoms with van der Waals surface area (Å²) in [7, 11) is 1.61. The average Bonchev–Trinajstić information content (AvgIpc) is 3.34. The molecule has 0 aliphatic carbocycles. The van der Waals surface area contributed by atoms with Crippen LogP contribution in [0.25, 0.3) is 10.2 Å². The van der Waals surface area contributed by atoms with Gasteiger partial charge in [0.15, 0.2) is 0 Å². The second kappa shape index (κ2) is 7.75. The highest BCUT2D eigenvalue weighted by molar-refractivity contribution is 7.18. The number of carbonyl (C=O) groups excluding carboxylic acids is 1. The maximum Gasteiger partial charge on any atom is 0.247 e. The van der Waals surface area contributed by atoms with Gasteiger partial charge in [-0.1, -0.05) is 13.0 Å². The molecule has 2 aromatic heterocycles. The van der Waals surface area contributed by atoms with E-state index in [0.29, 0.717) is 11.4 Å². The van der Waals surface area contributed by atoms with Crippen molar-refractivity contribution in [3.63, 3.8) is 0 Å². The van der Waals surface area contributed by atoms with E-state index < -0.39 is 0 Å². The topological polar surface area (TPSA) is 67.4 Å². The summed E-state index contributed by atoms with van der Waals surface area (Å²) in [5.74, 6) is 1.49. The molecule has 1 amide bonds. The fraction of sp³-hybridized carbons (Fsp3) is 0.381. The van der Waals surface area contributed by atoms with Crippen molar-refractivity contribution in [2.45, 2.75) is 39.2 Å². The molecule has 146 valence electrons. The number of hydrogen-bond acceptors (Lipinski definition) is 6. The number of fused-ring (bicyclic) bond motifs is 1. The third-order valence-corrected chi connectivity index (χ3v) is 6.34. The Balaban J connectivity index is 1.63. The number of carbonyl (C=O) groups is 1. The van der Waals surface area contributed by atoms with Crippen LogP contribution in [0.5, 0.6) is 5.75 Å². The monoisotopic (exact) mass is 396 g/mol. The Bertz CT molecular complexity index is 1020. The van der Waals surface area contributed by atoms with Crippen LogP contribution >= 0.6 is 11.3 Å². The zero-order valence-electron chi connectivity index (χ0n) is 16.4. The Labute approximate surface area is 168 Å². The predicted molar refractivity (Wildman–Crippen MR) is 114 cm³/mol. The van der Waals surface area contributed by atoms with Gasteiger partial charge in [0, 0.05) is 11.4 Å². The van der Waals surface area contributed by atoms with Gasteiger partial charge in [-0.2, -0.15) is 0 Å². The van der Waals surface area contributed by atoms with Crippen molar-refractivity contribution < 1.29 is 9.53 Å². The van der Waals surface area contributed by atoms with Gasteiger partial charge in [-0.05, 0) is 49.9 Å². The zero-order valence-corrected chi connectivity index (χ0v) is 17.2. The lowest BCUT2D eigenvalue weighted by Crippen LogP contribution is -2.40. The molecule has 0 bridgehead atoms. The number of hydrogen-bond donors (Lipinski definition) is 1. The molecule has 7 heteroatoms. The molecule has 28 heavy (non-hydrogen) atoms. The molecule has 1 unspecified atom stereocenters. The third kappa shape index (κ3) is 3.42. The molecule has 0 radical (unpaired) electrons. The summed E-state index contributed by atoms with van der Waals surface area (Å²) in [6.45, 7) is 4.95. The van der Waals surface area contributed by atoms with Gasteiger partial charge in [-0.25, -0.2) is 9.97 Å². The molecule has 1 saturated heterocycles. The molecule has 1 fully saturated rings. The summed E-state index contributed by atoms with van der Waals surface area (Å²) >= 11 is 1.69. The highest BCUT2D eigenvalue weighted by Crippen LogP contribution is 2.34. The maximum atomic E-state index is 13.1. The van der Waals surface area contributed by atoms with Gasteiger partial charge in [0.25, 0.3) is 0 Å². The minimum atomic E-state index is -0.256. The summed E-state index contributed by atoms with van der Waals surface area (Å²) in [5.41, 5.74) is 1.78. The van der Waals surface area contributed by atoms with E-state index in [1.165, 1.54) is 4.88 Å². The first-order valence-electron chi connectivity index (χ1n) is 9.56. The molecule has 3 heterocycles. The number of ether oxygens (including phenoxy) is 1. The van der Waals surface area contributed by atoms with Crippen LogP contribution in [0, 0.1) is 6.92 Å². The minimum absolute atomic E-state index is 0.0286. The Morgan fingerprint density at radius 1 is 1.36 bits per heavy atom.